The maximum atomic E-state index is 13.0. The van der Waals surface area contributed by atoms with E-state index in [0.717, 1.165) is 31.3 Å². The van der Waals surface area contributed by atoms with Gasteiger partial charge in [-0.3, -0.25) is 4.79 Å². The summed E-state index contributed by atoms with van der Waals surface area (Å²) in [6.07, 6.45) is 20.1. The summed E-state index contributed by atoms with van der Waals surface area (Å²) < 4.78 is 0. The molecule has 1 amide bonds. The molecule has 0 bridgehead atoms. The third-order valence-corrected chi connectivity index (χ3v) is 6.42. The van der Waals surface area contributed by atoms with E-state index in [9.17, 15) is 4.79 Å². The number of nitrogens with two attached hydrogens (primary N) is 1. The molecule has 0 aromatic rings. The molecule has 29 heavy (non-hydrogen) atoms. The Labute approximate surface area is 177 Å². The average molecular weight is 404 g/mol. The van der Waals surface area contributed by atoms with E-state index in [1.54, 1.807) is 4.90 Å². The van der Waals surface area contributed by atoms with E-state index in [4.69, 9.17) is 10.9 Å². The predicted molar refractivity (Wildman–Crippen MR) is 120 cm³/mol. The van der Waals surface area contributed by atoms with Crippen LogP contribution in [0.1, 0.15) is 97.3 Å². The highest BCUT2D eigenvalue weighted by Crippen LogP contribution is 2.31. The van der Waals surface area contributed by atoms with Crippen LogP contribution in [-0.4, -0.2) is 34.4 Å². The second kappa shape index (κ2) is 12.7. The molecule has 1 saturated heterocycles. The van der Waals surface area contributed by atoms with Crippen molar-refractivity contribution >= 4 is 11.7 Å². The number of hydrogen-bond acceptors (Lipinski definition) is 3. The minimum atomic E-state index is -0.270. The van der Waals surface area contributed by atoms with Crippen LogP contribution in [0.2, 0.25) is 0 Å². The van der Waals surface area contributed by atoms with Gasteiger partial charge in [-0.15, -0.1) is 0 Å². The van der Waals surface area contributed by atoms with Gasteiger partial charge < -0.3 is 15.8 Å². The molecule has 0 aromatic carbocycles. The predicted octanol–water partition coefficient (Wildman–Crippen LogP) is 5.54. The second-order valence-electron chi connectivity index (χ2n) is 8.81. The number of allylic oxidation sites excluding steroid dienone is 3. The van der Waals surface area contributed by atoms with Crippen molar-refractivity contribution in [2.75, 3.05) is 6.54 Å². The van der Waals surface area contributed by atoms with E-state index in [1.165, 1.54) is 63.4 Å². The number of unbranched alkanes of at least 4 members (excludes halogenated alkanes) is 8. The molecule has 2 aliphatic rings. The number of amides is 1. The van der Waals surface area contributed by atoms with Crippen molar-refractivity contribution in [3.63, 3.8) is 0 Å². The number of hydrogen-bond donors (Lipinski definition) is 2. The van der Waals surface area contributed by atoms with Crippen LogP contribution in [0, 0.1) is 5.92 Å². The molecule has 0 aromatic heterocycles. The first kappa shape index (κ1) is 23.5. The van der Waals surface area contributed by atoms with Gasteiger partial charge >= 0.3 is 0 Å². The third kappa shape index (κ3) is 7.20. The highest BCUT2D eigenvalue weighted by Gasteiger charge is 2.35. The van der Waals surface area contributed by atoms with Crippen molar-refractivity contribution in [1.82, 2.24) is 4.90 Å². The van der Waals surface area contributed by atoms with E-state index in [-0.39, 0.29) is 23.7 Å². The number of carbonyl (C=O) groups is 1. The Balaban J connectivity index is 1.75. The monoisotopic (exact) mass is 403 g/mol. The van der Waals surface area contributed by atoms with Gasteiger partial charge in [-0.05, 0) is 38.0 Å². The maximum absolute atomic E-state index is 13.0. The molecule has 1 aliphatic heterocycles. The molecule has 5 heteroatoms. The summed E-state index contributed by atoms with van der Waals surface area (Å²) in [6.45, 7) is 5.08. The summed E-state index contributed by atoms with van der Waals surface area (Å²) in [7, 11) is 0. The molecule has 2 rings (SSSR count). The molecule has 1 unspecified atom stereocenters. The maximum Gasteiger partial charge on any atom is 0.250 e. The van der Waals surface area contributed by atoms with Crippen molar-refractivity contribution in [3.8, 4) is 0 Å². The van der Waals surface area contributed by atoms with Crippen molar-refractivity contribution in [2.24, 2.45) is 16.8 Å². The zero-order valence-corrected chi connectivity index (χ0v) is 18.5. The zero-order valence-electron chi connectivity index (χ0n) is 18.5. The molecule has 1 fully saturated rings. The average Bonchev–Trinajstić information content (AvgIpc) is 3.21. The third-order valence-electron chi connectivity index (χ3n) is 6.42. The van der Waals surface area contributed by atoms with Gasteiger partial charge in [0.15, 0.2) is 5.84 Å². The Hall–Kier alpha value is -1.78. The van der Waals surface area contributed by atoms with Crippen LogP contribution in [0.5, 0.6) is 0 Å². The summed E-state index contributed by atoms with van der Waals surface area (Å²) in [4.78, 5) is 14.8. The topological polar surface area (TPSA) is 78.9 Å². The van der Waals surface area contributed by atoms with Crippen LogP contribution in [0.4, 0.5) is 0 Å². The lowest BCUT2D eigenvalue weighted by molar-refractivity contribution is -0.127. The Morgan fingerprint density at radius 1 is 1.14 bits per heavy atom. The van der Waals surface area contributed by atoms with E-state index in [2.05, 4.69) is 25.1 Å². The van der Waals surface area contributed by atoms with Gasteiger partial charge in [0.2, 0.25) is 0 Å². The molecule has 0 saturated carbocycles. The van der Waals surface area contributed by atoms with E-state index in [0.29, 0.717) is 6.54 Å². The zero-order chi connectivity index (χ0) is 21.1. The first-order valence-electron chi connectivity index (χ1n) is 11.8. The summed E-state index contributed by atoms with van der Waals surface area (Å²) >= 11 is 0. The smallest absolute Gasteiger partial charge is 0.250 e. The molecule has 0 radical (unpaired) electrons. The van der Waals surface area contributed by atoms with Crippen LogP contribution in [-0.2, 0) is 4.79 Å². The standard InChI is InChI=1S/C24H41N3O2/c1-3-4-5-6-7-8-9-10-11-13-20-15-16-21(19(2)18-20)24(28)27-17-12-14-22(27)23(25)26-29/h15-16,19,22,29H,3-14,17-18H2,1-2H3,(H2,25,26)/t19?,22-/m0/s1. The van der Waals surface area contributed by atoms with Crippen LogP contribution >= 0.6 is 0 Å². The second-order valence-corrected chi connectivity index (χ2v) is 8.81. The van der Waals surface area contributed by atoms with Crippen molar-refractivity contribution in [2.45, 2.75) is 103 Å². The first-order chi connectivity index (χ1) is 14.1. The summed E-state index contributed by atoms with van der Waals surface area (Å²) in [5.74, 6) is 0.418. The van der Waals surface area contributed by atoms with E-state index in [1.807, 2.05) is 6.08 Å². The summed E-state index contributed by atoms with van der Waals surface area (Å²) in [6, 6.07) is -0.270. The number of amidine groups is 1. The lowest BCUT2D eigenvalue weighted by atomic mass is 9.85. The highest BCUT2D eigenvalue weighted by molar-refractivity contribution is 5.98. The lowest BCUT2D eigenvalue weighted by Crippen LogP contribution is -2.45. The Morgan fingerprint density at radius 2 is 1.79 bits per heavy atom. The van der Waals surface area contributed by atoms with Gasteiger partial charge in [-0.2, -0.15) is 0 Å². The summed E-state index contributed by atoms with van der Waals surface area (Å²) in [5.41, 5.74) is 8.11. The normalized spacial score (nSPS) is 22.6. The SMILES string of the molecule is CCCCCCCCCCCC1=CC=C(C(=O)N2CCC[C@H]2/C(N)=N/O)C(C)C1. The summed E-state index contributed by atoms with van der Waals surface area (Å²) in [5, 5.41) is 12.1. The van der Waals surface area contributed by atoms with Crippen molar-refractivity contribution in [3.05, 3.63) is 23.3 Å². The van der Waals surface area contributed by atoms with E-state index < -0.39 is 0 Å². The number of carbonyl (C=O) groups excluding carboxylic acids is 1. The highest BCUT2D eigenvalue weighted by atomic mass is 16.4. The fourth-order valence-electron chi connectivity index (χ4n) is 4.62. The van der Waals surface area contributed by atoms with Gasteiger partial charge in [0.25, 0.3) is 5.91 Å². The van der Waals surface area contributed by atoms with Gasteiger partial charge in [0.1, 0.15) is 0 Å². The molecule has 1 heterocycles. The number of likely N-dealkylation sites (tertiary alicyclic amines) is 1. The fourth-order valence-corrected chi connectivity index (χ4v) is 4.62. The number of rotatable bonds is 12. The molecular formula is C24H41N3O2. The van der Waals surface area contributed by atoms with Crippen molar-refractivity contribution in [1.29, 1.82) is 0 Å². The molecule has 3 N–H and O–H groups in total. The Bertz CT molecular complexity index is 609. The minimum Gasteiger partial charge on any atom is -0.409 e. The molecule has 1 aliphatic carbocycles. The number of nitrogens with zero attached hydrogens (tertiary/aromatic N) is 2. The molecular weight excluding hydrogens is 362 g/mol. The number of oxime groups is 1. The van der Waals surface area contributed by atoms with Crippen LogP contribution in [0.15, 0.2) is 28.5 Å². The van der Waals surface area contributed by atoms with Gasteiger partial charge in [0.05, 0.1) is 6.04 Å². The lowest BCUT2D eigenvalue weighted by Gasteiger charge is -2.28. The molecule has 164 valence electrons. The van der Waals surface area contributed by atoms with Gasteiger partial charge in [-0.25, -0.2) is 0 Å². The van der Waals surface area contributed by atoms with Crippen LogP contribution in [0.25, 0.3) is 0 Å². The molecule has 0 spiro atoms. The van der Waals surface area contributed by atoms with Crippen LogP contribution in [0.3, 0.4) is 0 Å². The van der Waals surface area contributed by atoms with Gasteiger partial charge in [0, 0.05) is 12.1 Å². The Kier molecular flexibility index (Phi) is 10.3. The first-order valence-corrected chi connectivity index (χ1v) is 11.8. The quantitative estimate of drug-likeness (QED) is 0.148. The minimum absolute atomic E-state index is 0.0463. The Morgan fingerprint density at radius 3 is 2.41 bits per heavy atom. The molecule has 2 atom stereocenters. The molecule has 5 nitrogen and oxygen atoms in total. The van der Waals surface area contributed by atoms with Gasteiger partial charge in [-0.1, -0.05) is 88.1 Å². The van der Waals surface area contributed by atoms with E-state index >= 15 is 0 Å². The van der Waals surface area contributed by atoms with Crippen molar-refractivity contribution < 1.29 is 10.0 Å². The van der Waals surface area contributed by atoms with Crippen LogP contribution < -0.4 is 5.73 Å². The largest absolute Gasteiger partial charge is 0.409 e. The fraction of sp³-hybridized carbons (Fsp3) is 0.750.